The third-order valence-electron chi connectivity index (χ3n) is 3.63. The molecule has 0 saturated heterocycles. The van der Waals surface area contributed by atoms with Crippen molar-refractivity contribution >= 4 is 28.2 Å². The molecule has 4 rings (SSSR count). The van der Waals surface area contributed by atoms with Gasteiger partial charge in [0.15, 0.2) is 11.5 Å². The monoisotopic (exact) mass is 350 g/mol. The Morgan fingerprint density at radius 2 is 2.15 bits per heavy atom. The van der Waals surface area contributed by atoms with Crippen molar-refractivity contribution in [3.63, 3.8) is 0 Å². The number of pyridine rings is 1. The topological polar surface area (TPSA) is 145 Å². The Morgan fingerprint density at radius 3 is 2.85 bits per heavy atom. The van der Waals surface area contributed by atoms with Crippen LogP contribution in [0.15, 0.2) is 49.2 Å². The highest BCUT2D eigenvalue weighted by Gasteiger charge is 2.17. The van der Waals surface area contributed by atoms with E-state index in [1.807, 2.05) is 0 Å². The number of carbonyl (C=O) groups is 1. The molecule has 0 spiro atoms. The largest absolute Gasteiger partial charge is 0.319 e. The minimum Gasteiger partial charge on any atom is -0.319 e. The van der Waals surface area contributed by atoms with E-state index in [4.69, 9.17) is 0 Å². The van der Waals surface area contributed by atoms with Crippen LogP contribution in [0.2, 0.25) is 0 Å². The minimum atomic E-state index is -0.527. The third kappa shape index (κ3) is 2.73. The van der Waals surface area contributed by atoms with Gasteiger partial charge in [0, 0.05) is 17.5 Å². The van der Waals surface area contributed by atoms with Gasteiger partial charge in [0.05, 0.1) is 22.3 Å². The molecule has 3 heterocycles. The third-order valence-corrected chi connectivity index (χ3v) is 3.63. The van der Waals surface area contributed by atoms with E-state index in [1.54, 1.807) is 12.1 Å². The number of fused-ring (bicyclic) bond motifs is 1. The van der Waals surface area contributed by atoms with E-state index in [1.165, 1.54) is 41.7 Å². The molecule has 0 radical (unpaired) electrons. The van der Waals surface area contributed by atoms with Crippen LogP contribution in [0.4, 0.5) is 11.4 Å². The van der Waals surface area contributed by atoms with Crippen molar-refractivity contribution < 1.29 is 9.72 Å². The highest BCUT2D eigenvalue weighted by atomic mass is 16.6. The molecule has 0 saturated carbocycles. The molecule has 0 aliphatic carbocycles. The molecule has 3 aromatic heterocycles. The van der Waals surface area contributed by atoms with E-state index in [2.05, 4.69) is 30.6 Å². The van der Waals surface area contributed by atoms with Crippen LogP contribution >= 0.6 is 0 Å². The quantitative estimate of drug-likeness (QED) is 0.421. The number of carbonyl (C=O) groups excluding carboxylic acids is 1. The van der Waals surface area contributed by atoms with Gasteiger partial charge in [-0.25, -0.2) is 14.6 Å². The molecule has 128 valence electrons. The molecule has 0 unspecified atom stereocenters. The van der Waals surface area contributed by atoms with Gasteiger partial charge in [-0.2, -0.15) is 10.2 Å². The summed E-state index contributed by atoms with van der Waals surface area (Å²) in [7, 11) is 0. The molecule has 0 aliphatic rings. The van der Waals surface area contributed by atoms with Crippen LogP contribution < -0.4 is 5.32 Å². The Labute approximate surface area is 144 Å². The fourth-order valence-corrected chi connectivity index (χ4v) is 2.40. The van der Waals surface area contributed by atoms with Gasteiger partial charge in [0.1, 0.15) is 12.7 Å². The number of benzene rings is 1. The summed E-state index contributed by atoms with van der Waals surface area (Å²) in [5.74, 6) is 0.0356. The average molecular weight is 350 g/mol. The summed E-state index contributed by atoms with van der Waals surface area (Å²) in [5.41, 5.74) is 0.914. The summed E-state index contributed by atoms with van der Waals surface area (Å²) in [6.45, 7) is 0. The van der Waals surface area contributed by atoms with Crippen molar-refractivity contribution in [2.45, 2.75) is 0 Å². The zero-order chi connectivity index (χ0) is 18.1. The second-order valence-corrected chi connectivity index (χ2v) is 5.26. The normalized spacial score (nSPS) is 10.8. The molecule has 1 amide bonds. The van der Waals surface area contributed by atoms with Gasteiger partial charge in [-0.1, -0.05) is 0 Å². The average Bonchev–Trinajstić information content (AvgIpc) is 3.31. The highest BCUT2D eigenvalue weighted by molar-refractivity contribution is 6.11. The summed E-state index contributed by atoms with van der Waals surface area (Å²) < 4.78 is 1.48. The van der Waals surface area contributed by atoms with E-state index in [-0.39, 0.29) is 11.4 Å². The number of hydrogen-bond donors (Lipinski definition) is 2. The van der Waals surface area contributed by atoms with Crippen molar-refractivity contribution in [2.75, 3.05) is 5.32 Å². The van der Waals surface area contributed by atoms with Gasteiger partial charge in [0.25, 0.3) is 11.6 Å². The second-order valence-electron chi connectivity index (χ2n) is 5.26. The van der Waals surface area contributed by atoms with Crippen LogP contribution in [-0.4, -0.2) is 40.8 Å². The van der Waals surface area contributed by atoms with Crippen LogP contribution in [0.1, 0.15) is 10.5 Å². The first-order chi connectivity index (χ1) is 12.6. The van der Waals surface area contributed by atoms with Gasteiger partial charge in [-0.05, 0) is 18.2 Å². The van der Waals surface area contributed by atoms with Crippen molar-refractivity contribution in [3.05, 3.63) is 65.0 Å². The number of non-ortho nitro benzene ring substituents is 1. The standard InChI is InChI=1S/C15H10N8O3/c24-15(14-11-5-10(23(25)26)2-3-12(11)20-21-14)19-9-1-4-13(17-6-9)22-8-16-7-18-22/h1-8H,(H,19,24)(H,20,21). The van der Waals surface area contributed by atoms with E-state index in [0.29, 0.717) is 22.4 Å². The number of hydrogen-bond acceptors (Lipinski definition) is 7. The molecule has 26 heavy (non-hydrogen) atoms. The van der Waals surface area contributed by atoms with Gasteiger partial charge >= 0.3 is 0 Å². The number of nitro groups is 1. The lowest BCUT2D eigenvalue weighted by Gasteiger charge is -2.04. The zero-order valence-corrected chi connectivity index (χ0v) is 13.0. The molecular formula is C15H10N8O3. The van der Waals surface area contributed by atoms with Crippen molar-refractivity contribution in [1.29, 1.82) is 0 Å². The molecule has 11 heteroatoms. The molecule has 11 nitrogen and oxygen atoms in total. The Bertz CT molecular complexity index is 1100. The van der Waals surface area contributed by atoms with E-state index in [9.17, 15) is 14.9 Å². The van der Waals surface area contributed by atoms with Crippen LogP contribution in [0.5, 0.6) is 0 Å². The molecule has 0 aliphatic heterocycles. The van der Waals surface area contributed by atoms with Crippen LogP contribution in [0, 0.1) is 10.1 Å². The predicted molar refractivity (Wildman–Crippen MR) is 89.9 cm³/mol. The lowest BCUT2D eigenvalue weighted by Crippen LogP contribution is -2.13. The number of anilines is 1. The van der Waals surface area contributed by atoms with Gasteiger partial charge < -0.3 is 5.32 Å². The van der Waals surface area contributed by atoms with Gasteiger partial charge in [-0.3, -0.25) is 20.0 Å². The smallest absolute Gasteiger partial charge is 0.276 e. The van der Waals surface area contributed by atoms with Crippen molar-refractivity contribution in [1.82, 2.24) is 29.9 Å². The maximum absolute atomic E-state index is 12.5. The van der Waals surface area contributed by atoms with Crippen molar-refractivity contribution in [3.8, 4) is 5.82 Å². The van der Waals surface area contributed by atoms with Crippen LogP contribution in [-0.2, 0) is 0 Å². The second kappa shape index (κ2) is 6.05. The fourth-order valence-electron chi connectivity index (χ4n) is 2.40. The Morgan fingerprint density at radius 1 is 1.27 bits per heavy atom. The number of amides is 1. The van der Waals surface area contributed by atoms with Gasteiger partial charge in [0.2, 0.25) is 0 Å². The summed E-state index contributed by atoms with van der Waals surface area (Å²) in [5, 5.41) is 24.5. The summed E-state index contributed by atoms with van der Waals surface area (Å²) in [6.07, 6.45) is 4.36. The van der Waals surface area contributed by atoms with E-state index >= 15 is 0 Å². The van der Waals surface area contributed by atoms with Crippen molar-refractivity contribution in [2.24, 2.45) is 0 Å². The summed E-state index contributed by atoms with van der Waals surface area (Å²) in [4.78, 5) is 30.9. The van der Waals surface area contributed by atoms with E-state index in [0.717, 1.165) is 0 Å². The fraction of sp³-hybridized carbons (Fsp3) is 0. The molecule has 0 bridgehead atoms. The first-order valence-electron chi connectivity index (χ1n) is 7.37. The Hall–Kier alpha value is -4.15. The number of aromatic nitrogens is 6. The van der Waals surface area contributed by atoms with Gasteiger partial charge in [-0.15, -0.1) is 0 Å². The SMILES string of the molecule is O=C(Nc1ccc(-n2cncn2)nc1)c1n[nH]c2ccc([N+](=O)[O-])cc12. The summed E-state index contributed by atoms with van der Waals surface area (Å²) in [6, 6.07) is 7.47. The Balaban J connectivity index is 1.59. The molecular weight excluding hydrogens is 340 g/mol. The maximum Gasteiger partial charge on any atom is 0.276 e. The highest BCUT2D eigenvalue weighted by Crippen LogP contribution is 2.22. The molecule has 1 aromatic carbocycles. The number of nitrogens with zero attached hydrogens (tertiary/aromatic N) is 6. The number of nitrogens with one attached hydrogen (secondary N) is 2. The molecule has 2 N–H and O–H groups in total. The number of nitro benzene ring substituents is 1. The number of H-pyrrole nitrogens is 1. The van der Waals surface area contributed by atoms with Crippen LogP contribution in [0.25, 0.3) is 16.7 Å². The zero-order valence-electron chi connectivity index (χ0n) is 13.0. The molecule has 0 fully saturated rings. The minimum absolute atomic E-state index is 0.0593. The first-order valence-corrected chi connectivity index (χ1v) is 7.37. The lowest BCUT2D eigenvalue weighted by atomic mass is 10.2. The number of rotatable bonds is 4. The molecule has 0 atom stereocenters. The maximum atomic E-state index is 12.5. The summed E-state index contributed by atoms with van der Waals surface area (Å²) >= 11 is 0. The predicted octanol–water partition coefficient (Wildman–Crippen LogP) is 1.70. The van der Waals surface area contributed by atoms with E-state index < -0.39 is 10.8 Å². The molecule has 4 aromatic rings. The van der Waals surface area contributed by atoms with Crippen LogP contribution in [0.3, 0.4) is 0 Å². The number of aromatic amines is 1. The lowest BCUT2D eigenvalue weighted by molar-refractivity contribution is -0.384. The Kier molecular flexibility index (Phi) is 3.58. The first kappa shape index (κ1) is 15.4.